The van der Waals surface area contributed by atoms with Crippen LogP contribution >= 0.6 is 0 Å². The van der Waals surface area contributed by atoms with Crippen molar-refractivity contribution in [1.29, 1.82) is 0 Å². The Morgan fingerprint density at radius 3 is 2.47 bits per heavy atom. The molecular weight excluding hydrogens is 383 g/mol. The molecule has 0 radical (unpaired) electrons. The maximum Gasteiger partial charge on any atom is 0.255 e. The number of carbonyl (C=O) groups excluding carboxylic acids is 2. The molecule has 3 aromatic carbocycles. The van der Waals surface area contributed by atoms with E-state index >= 15 is 0 Å². The van der Waals surface area contributed by atoms with Gasteiger partial charge in [0.15, 0.2) is 0 Å². The summed E-state index contributed by atoms with van der Waals surface area (Å²) in [5.74, 6) is -0.212. The Morgan fingerprint density at radius 1 is 0.967 bits per heavy atom. The lowest BCUT2D eigenvalue weighted by Gasteiger charge is -2.15. The molecule has 0 spiro atoms. The molecule has 0 aliphatic carbocycles. The highest BCUT2D eigenvalue weighted by Gasteiger charge is 2.09. The third-order valence-corrected chi connectivity index (χ3v) is 4.53. The van der Waals surface area contributed by atoms with Gasteiger partial charge in [-0.3, -0.25) is 9.59 Å². The van der Waals surface area contributed by atoms with Gasteiger partial charge in [0.1, 0.15) is 18.2 Å². The summed E-state index contributed by atoms with van der Waals surface area (Å²) < 4.78 is 18.8. The number of amides is 2. The van der Waals surface area contributed by atoms with E-state index in [0.29, 0.717) is 23.5 Å². The van der Waals surface area contributed by atoms with Gasteiger partial charge in [-0.25, -0.2) is 4.39 Å². The largest absolute Gasteiger partial charge is 0.489 e. The molecule has 0 heterocycles. The number of halogens is 1. The van der Waals surface area contributed by atoms with Gasteiger partial charge in [-0.05, 0) is 47.5 Å². The summed E-state index contributed by atoms with van der Waals surface area (Å²) in [4.78, 5) is 25.7. The van der Waals surface area contributed by atoms with Crippen LogP contribution in [-0.2, 0) is 17.9 Å². The molecule has 0 fully saturated rings. The van der Waals surface area contributed by atoms with Crippen molar-refractivity contribution in [2.45, 2.75) is 20.1 Å². The van der Waals surface area contributed by atoms with Crippen LogP contribution in [0.5, 0.6) is 5.75 Å². The van der Waals surface area contributed by atoms with E-state index in [1.165, 1.54) is 19.1 Å². The lowest BCUT2D eigenvalue weighted by molar-refractivity contribution is -0.128. The Morgan fingerprint density at radius 2 is 1.70 bits per heavy atom. The number of carbonyl (C=O) groups is 2. The predicted molar refractivity (Wildman–Crippen MR) is 114 cm³/mol. The molecule has 0 saturated carbocycles. The molecule has 0 aliphatic heterocycles. The van der Waals surface area contributed by atoms with Gasteiger partial charge in [0.2, 0.25) is 5.91 Å². The molecule has 154 valence electrons. The van der Waals surface area contributed by atoms with E-state index in [1.54, 1.807) is 48.3 Å². The second-order valence-electron chi connectivity index (χ2n) is 6.98. The minimum atomic E-state index is -0.364. The summed E-state index contributed by atoms with van der Waals surface area (Å²) in [6.07, 6.45) is 0. The normalized spacial score (nSPS) is 10.4. The third-order valence-electron chi connectivity index (χ3n) is 4.53. The Balaban J connectivity index is 1.64. The van der Waals surface area contributed by atoms with Crippen molar-refractivity contribution >= 4 is 17.5 Å². The van der Waals surface area contributed by atoms with Crippen LogP contribution < -0.4 is 10.1 Å². The summed E-state index contributed by atoms with van der Waals surface area (Å²) in [5, 5.41) is 2.88. The van der Waals surface area contributed by atoms with Crippen molar-refractivity contribution in [2.24, 2.45) is 0 Å². The van der Waals surface area contributed by atoms with Crippen LogP contribution in [0.25, 0.3) is 0 Å². The quantitative estimate of drug-likeness (QED) is 0.622. The number of benzene rings is 3. The summed E-state index contributed by atoms with van der Waals surface area (Å²) in [7, 11) is 1.73. The van der Waals surface area contributed by atoms with Crippen molar-refractivity contribution in [3.8, 4) is 5.75 Å². The van der Waals surface area contributed by atoms with Gasteiger partial charge in [0.25, 0.3) is 5.91 Å². The van der Waals surface area contributed by atoms with E-state index in [9.17, 15) is 14.0 Å². The lowest BCUT2D eigenvalue weighted by Crippen LogP contribution is -2.23. The molecule has 30 heavy (non-hydrogen) atoms. The molecule has 5 nitrogen and oxygen atoms in total. The Labute approximate surface area is 175 Å². The number of nitrogens with zero attached hydrogens (tertiary/aromatic N) is 1. The Bertz CT molecular complexity index is 1050. The minimum absolute atomic E-state index is 0.0262. The fraction of sp³-hybridized carbons (Fsp3) is 0.167. The maximum atomic E-state index is 13.3. The number of rotatable bonds is 7. The van der Waals surface area contributed by atoms with E-state index in [1.807, 2.05) is 24.3 Å². The zero-order chi connectivity index (χ0) is 21.5. The van der Waals surface area contributed by atoms with Crippen LogP contribution in [0.1, 0.15) is 28.4 Å². The number of hydrogen-bond donors (Lipinski definition) is 1. The molecule has 2 amide bonds. The molecule has 3 aromatic rings. The van der Waals surface area contributed by atoms with Crippen LogP contribution in [0, 0.1) is 5.82 Å². The van der Waals surface area contributed by atoms with Gasteiger partial charge in [-0.2, -0.15) is 0 Å². The average molecular weight is 406 g/mol. The summed E-state index contributed by atoms with van der Waals surface area (Å²) in [5.41, 5.74) is 2.85. The standard InChI is InChI=1S/C24H23FN2O3/c1-17(28)27(2)15-18-6-4-10-22(13-18)26-24(29)20-8-3-7-19(12-20)16-30-23-11-5-9-21(25)14-23/h3-14H,15-16H2,1-2H3,(H,26,29). The molecule has 0 bridgehead atoms. The van der Waals surface area contributed by atoms with E-state index in [0.717, 1.165) is 11.1 Å². The highest BCUT2D eigenvalue weighted by atomic mass is 19.1. The monoisotopic (exact) mass is 406 g/mol. The summed E-state index contributed by atoms with van der Waals surface area (Å²) in [6, 6.07) is 20.4. The number of ether oxygens (including phenoxy) is 1. The molecular formula is C24H23FN2O3. The van der Waals surface area contributed by atoms with Gasteiger partial charge in [-0.1, -0.05) is 30.3 Å². The first kappa shape index (κ1) is 21.0. The van der Waals surface area contributed by atoms with E-state index in [2.05, 4.69) is 5.32 Å². The molecule has 3 rings (SSSR count). The first-order valence-corrected chi connectivity index (χ1v) is 9.50. The first-order valence-electron chi connectivity index (χ1n) is 9.50. The van der Waals surface area contributed by atoms with E-state index < -0.39 is 0 Å². The molecule has 0 unspecified atom stereocenters. The predicted octanol–water partition coefficient (Wildman–Crippen LogP) is 4.64. The SMILES string of the molecule is CC(=O)N(C)Cc1cccc(NC(=O)c2cccc(COc3cccc(F)c3)c2)c1. The maximum absolute atomic E-state index is 13.3. The minimum Gasteiger partial charge on any atom is -0.489 e. The summed E-state index contributed by atoms with van der Waals surface area (Å²) in [6.45, 7) is 2.19. The van der Waals surface area contributed by atoms with E-state index in [-0.39, 0.29) is 24.2 Å². The number of hydrogen-bond acceptors (Lipinski definition) is 3. The molecule has 0 aromatic heterocycles. The van der Waals surface area contributed by atoms with Gasteiger partial charge >= 0.3 is 0 Å². The van der Waals surface area contributed by atoms with Crippen molar-refractivity contribution in [1.82, 2.24) is 4.90 Å². The third kappa shape index (κ3) is 5.91. The van der Waals surface area contributed by atoms with Crippen LogP contribution in [0.4, 0.5) is 10.1 Å². The Kier molecular flexibility index (Phi) is 6.80. The molecule has 0 saturated heterocycles. The smallest absolute Gasteiger partial charge is 0.255 e. The topological polar surface area (TPSA) is 58.6 Å². The molecule has 6 heteroatoms. The number of nitrogens with one attached hydrogen (secondary N) is 1. The van der Waals surface area contributed by atoms with Crippen molar-refractivity contribution < 1.29 is 18.7 Å². The van der Waals surface area contributed by atoms with Crippen LogP contribution in [0.15, 0.2) is 72.8 Å². The fourth-order valence-corrected chi connectivity index (χ4v) is 2.86. The fourth-order valence-electron chi connectivity index (χ4n) is 2.86. The molecule has 1 N–H and O–H groups in total. The average Bonchev–Trinajstić information content (AvgIpc) is 2.73. The van der Waals surface area contributed by atoms with Gasteiger partial charge < -0.3 is 15.0 Å². The van der Waals surface area contributed by atoms with Crippen molar-refractivity contribution in [3.63, 3.8) is 0 Å². The highest BCUT2D eigenvalue weighted by Crippen LogP contribution is 2.17. The van der Waals surface area contributed by atoms with Crippen molar-refractivity contribution in [2.75, 3.05) is 12.4 Å². The number of anilines is 1. The van der Waals surface area contributed by atoms with Gasteiger partial charge in [-0.15, -0.1) is 0 Å². The lowest BCUT2D eigenvalue weighted by atomic mass is 10.1. The highest BCUT2D eigenvalue weighted by molar-refractivity contribution is 6.04. The summed E-state index contributed by atoms with van der Waals surface area (Å²) >= 11 is 0. The van der Waals surface area contributed by atoms with Gasteiger partial charge in [0, 0.05) is 37.8 Å². The second kappa shape index (κ2) is 9.69. The molecule has 0 aliphatic rings. The van der Waals surface area contributed by atoms with Gasteiger partial charge in [0.05, 0.1) is 0 Å². The zero-order valence-electron chi connectivity index (χ0n) is 16.9. The van der Waals surface area contributed by atoms with Crippen LogP contribution in [0.3, 0.4) is 0 Å². The van der Waals surface area contributed by atoms with Crippen LogP contribution in [0.2, 0.25) is 0 Å². The van der Waals surface area contributed by atoms with E-state index in [4.69, 9.17) is 4.74 Å². The molecule has 0 atom stereocenters. The zero-order valence-corrected chi connectivity index (χ0v) is 16.9. The van der Waals surface area contributed by atoms with Crippen LogP contribution in [-0.4, -0.2) is 23.8 Å². The second-order valence-corrected chi connectivity index (χ2v) is 6.98. The first-order chi connectivity index (χ1) is 14.4. The van der Waals surface area contributed by atoms with Crippen molar-refractivity contribution in [3.05, 3.63) is 95.3 Å². The Hall–Kier alpha value is -3.67.